The Morgan fingerprint density at radius 1 is 1.44 bits per heavy atom. The van der Waals surface area contributed by atoms with Crippen molar-refractivity contribution in [2.45, 2.75) is 27.2 Å². The van der Waals surface area contributed by atoms with E-state index in [2.05, 4.69) is 30.2 Å². The zero-order valence-electron chi connectivity index (χ0n) is 10.7. The van der Waals surface area contributed by atoms with Crippen LogP contribution in [0.4, 0.5) is 5.69 Å². The molecule has 0 atom stereocenters. The summed E-state index contributed by atoms with van der Waals surface area (Å²) in [5.74, 6) is 0. The van der Waals surface area contributed by atoms with Crippen molar-refractivity contribution in [2.75, 3.05) is 25.6 Å². The first-order chi connectivity index (χ1) is 7.53. The maximum Gasteiger partial charge on any atom is 0.0468 e. The number of hydrogen-bond donors (Lipinski definition) is 1. The van der Waals surface area contributed by atoms with E-state index in [0.717, 1.165) is 31.0 Å². The second-order valence-electron chi connectivity index (χ2n) is 4.95. The molecule has 0 unspecified atom stereocenters. The van der Waals surface area contributed by atoms with Crippen LogP contribution in [0.3, 0.4) is 0 Å². The van der Waals surface area contributed by atoms with Gasteiger partial charge >= 0.3 is 0 Å². The van der Waals surface area contributed by atoms with Crippen molar-refractivity contribution in [1.82, 2.24) is 4.98 Å². The second-order valence-corrected chi connectivity index (χ2v) is 4.95. The molecule has 0 amide bonds. The zero-order chi connectivity index (χ0) is 12.0. The average Bonchev–Trinajstić information content (AvgIpc) is 2.24. The Morgan fingerprint density at radius 2 is 2.19 bits per heavy atom. The molecule has 0 aliphatic heterocycles. The molecule has 1 aromatic heterocycles. The van der Waals surface area contributed by atoms with Crippen LogP contribution in [0.15, 0.2) is 18.3 Å². The molecule has 0 aliphatic carbocycles. The number of ether oxygens (including phenoxy) is 1. The normalized spacial score (nSPS) is 11.5. The monoisotopic (exact) mass is 222 g/mol. The average molecular weight is 222 g/mol. The fraction of sp³-hybridized carbons (Fsp3) is 0.615. The summed E-state index contributed by atoms with van der Waals surface area (Å²) in [6, 6.07) is 4.06. The maximum atomic E-state index is 5.11. The molecule has 0 fully saturated rings. The number of nitrogens with zero attached hydrogens (tertiary/aromatic N) is 1. The predicted molar refractivity (Wildman–Crippen MR) is 67.7 cm³/mol. The van der Waals surface area contributed by atoms with Crippen LogP contribution in [0, 0.1) is 12.3 Å². The van der Waals surface area contributed by atoms with Crippen LogP contribution in [0.25, 0.3) is 0 Å². The molecule has 0 radical (unpaired) electrons. The number of aryl methyl sites for hydroxylation is 1. The Bertz CT molecular complexity index is 323. The van der Waals surface area contributed by atoms with E-state index >= 15 is 0 Å². The largest absolute Gasteiger partial charge is 0.385 e. The standard InChI is InChI=1S/C13H22N2O/c1-11-9-12(5-7-14-11)15-10-13(2,3)6-8-16-4/h5,7,9H,6,8,10H2,1-4H3,(H,14,15). The molecule has 90 valence electrons. The highest BCUT2D eigenvalue weighted by Gasteiger charge is 2.16. The van der Waals surface area contributed by atoms with Crippen molar-refractivity contribution >= 4 is 5.69 Å². The SMILES string of the molecule is COCCC(C)(C)CNc1ccnc(C)c1. The maximum absolute atomic E-state index is 5.11. The molecule has 1 aromatic rings. The van der Waals surface area contributed by atoms with Gasteiger partial charge in [0.15, 0.2) is 0 Å². The summed E-state index contributed by atoms with van der Waals surface area (Å²) in [5, 5.41) is 3.44. The smallest absolute Gasteiger partial charge is 0.0468 e. The minimum absolute atomic E-state index is 0.243. The van der Waals surface area contributed by atoms with Gasteiger partial charge in [0.05, 0.1) is 0 Å². The summed E-state index contributed by atoms with van der Waals surface area (Å²) in [6.07, 6.45) is 2.89. The van der Waals surface area contributed by atoms with Gasteiger partial charge in [-0.15, -0.1) is 0 Å². The van der Waals surface area contributed by atoms with E-state index < -0.39 is 0 Å². The second kappa shape index (κ2) is 5.85. The van der Waals surface area contributed by atoms with Gasteiger partial charge in [0, 0.05) is 37.8 Å². The number of anilines is 1. The van der Waals surface area contributed by atoms with Gasteiger partial charge in [-0.2, -0.15) is 0 Å². The van der Waals surface area contributed by atoms with Crippen molar-refractivity contribution in [2.24, 2.45) is 5.41 Å². The molecule has 16 heavy (non-hydrogen) atoms. The highest BCUT2D eigenvalue weighted by molar-refractivity contribution is 5.43. The molecule has 3 nitrogen and oxygen atoms in total. The van der Waals surface area contributed by atoms with Crippen LogP contribution in [0.5, 0.6) is 0 Å². The van der Waals surface area contributed by atoms with E-state index in [9.17, 15) is 0 Å². The summed E-state index contributed by atoms with van der Waals surface area (Å²) in [5.41, 5.74) is 2.42. The van der Waals surface area contributed by atoms with Crippen LogP contribution in [-0.2, 0) is 4.74 Å². The van der Waals surface area contributed by atoms with Crippen molar-refractivity contribution < 1.29 is 4.74 Å². The van der Waals surface area contributed by atoms with Gasteiger partial charge < -0.3 is 10.1 Å². The van der Waals surface area contributed by atoms with Gasteiger partial charge in [-0.05, 0) is 30.9 Å². The first-order valence-electron chi connectivity index (χ1n) is 5.69. The van der Waals surface area contributed by atoms with Gasteiger partial charge in [0.1, 0.15) is 0 Å². The molecule has 0 aromatic carbocycles. The lowest BCUT2D eigenvalue weighted by atomic mass is 9.89. The lowest BCUT2D eigenvalue weighted by molar-refractivity contribution is 0.157. The minimum atomic E-state index is 0.243. The number of methoxy groups -OCH3 is 1. The van der Waals surface area contributed by atoms with Crippen molar-refractivity contribution in [3.05, 3.63) is 24.0 Å². The first kappa shape index (κ1) is 13.0. The first-order valence-corrected chi connectivity index (χ1v) is 5.69. The molecule has 1 N–H and O–H groups in total. The Balaban J connectivity index is 2.44. The van der Waals surface area contributed by atoms with E-state index in [1.807, 2.05) is 19.2 Å². The van der Waals surface area contributed by atoms with Crippen LogP contribution >= 0.6 is 0 Å². The number of rotatable bonds is 6. The van der Waals surface area contributed by atoms with Gasteiger partial charge in [0.25, 0.3) is 0 Å². The van der Waals surface area contributed by atoms with E-state index in [1.165, 1.54) is 0 Å². The summed E-state index contributed by atoms with van der Waals surface area (Å²) >= 11 is 0. The topological polar surface area (TPSA) is 34.1 Å². The molecule has 0 aliphatic rings. The van der Waals surface area contributed by atoms with E-state index in [4.69, 9.17) is 4.74 Å². The quantitative estimate of drug-likeness (QED) is 0.803. The molecule has 1 heterocycles. The third kappa shape index (κ3) is 4.62. The molecule has 0 bridgehead atoms. The number of pyridine rings is 1. The third-order valence-corrected chi connectivity index (χ3v) is 2.65. The molecule has 1 rings (SSSR count). The Morgan fingerprint density at radius 3 is 2.81 bits per heavy atom. The number of nitrogens with one attached hydrogen (secondary N) is 1. The fourth-order valence-corrected chi connectivity index (χ4v) is 1.46. The number of hydrogen-bond acceptors (Lipinski definition) is 3. The van der Waals surface area contributed by atoms with Gasteiger partial charge in [-0.25, -0.2) is 0 Å². The molecule has 0 spiro atoms. The van der Waals surface area contributed by atoms with Gasteiger partial charge in [0.2, 0.25) is 0 Å². The molecule has 3 heteroatoms. The summed E-state index contributed by atoms with van der Waals surface area (Å²) in [4.78, 5) is 4.17. The van der Waals surface area contributed by atoms with Gasteiger partial charge in [-0.3, -0.25) is 4.98 Å². The van der Waals surface area contributed by atoms with Crippen LogP contribution < -0.4 is 5.32 Å². The van der Waals surface area contributed by atoms with Crippen LogP contribution in [0.1, 0.15) is 26.0 Å². The molecule has 0 saturated carbocycles. The minimum Gasteiger partial charge on any atom is -0.385 e. The lowest BCUT2D eigenvalue weighted by Gasteiger charge is -2.25. The zero-order valence-corrected chi connectivity index (χ0v) is 10.7. The highest BCUT2D eigenvalue weighted by Crippen LogP contribution is 2.21. The van der Waals surface area contributed by atoms with Crippen molar-refractivity contribution in [3.8, 4) is 0 Å². The molecular weight excluding hydrogens is 200 g/mol. The van der Waals surface area contributed by atoms with Crippen molar-refractivity contribution in [1.29, 1.82) is 0 Å². The fourth-order valence-electron chi connectivity index (χ4n) is 1.46. The van der Waals surface area contributed by atoms with E-state index in [1.54, 1.807) is 7.11 Å². The third-order valence-electron chi connectivity index (χ3n) is 2.65. The van der Waals surface area contributed by atoms with Crippen molar-refractivity contribution in [3.63, 3.8) is 0 Å². The molecule has 0 saturated heterocycles. The van der Waals surface area contributed by atoms with Crippen LogP contribution in [0.2, 0.25) is 0 Å². The summed E-state index contributed by atoms with van der Waals surface area (Å²) in [6.45, 7) is 8.24. The van der Waals surface area contributed by atoms with E-state index in [0.29, 0.717) is 0 Å². The summed E-state index contributed by atoms with van der Waals surface area (Å²) < 4.78 is 5.11. The lowest BCUT2D eigenvalue weighted by Crippen LogP contribution is -2.24. The Hall–Kier alpha value is -1.09. The van der Waals surface area contributed by atoms with E-state index in [-0.39, 0.29) is 5.41 Å². The molecular formula is C13H22N2O. The highest BCUT2D eigenvalue weighted by atomic mass is 16.5. The summed E-state index contributed by atoms with van der Waals surface area (Å²) in [7, 11) is 1.75. The Labute approximate surface area is 98.2 Å². The predicted octanol–water partition coefficient (Wildman–Crippen LogP) is 2.86. The van der Waals surface area contributed by atoms with Crippen LogP contribution in [-0.4, -0.2) is 25.2 Å². The Kier molecular flexibility index (Phi) is 4.74. The van der Waals surface area contributed by atoms with Gasteiger partial charge in [-0.1, -0.05) is 13.8 Å². The number of aromatic nitrogens is 1.